The third-order valence-electron chi connectivity index (χ3n) is 4.43. The fraction of sp³-hybridized carbons (Fsp3) is 0.182. The van der Waals surface area contributed by atoms with Crippen molar-refractivity contribution in [3.05, 3.63) is 76.7 Å². The van der Waals surface area contributed by atoms with E-state index in [2.05, 4.69) is 15.0 Å². The number of hydrogen-bond donors (Lipinski definition) is 1. The van der Waals surface area contributed by atoms with Crippen molar-refractivity contribution < 1.29 is 45.0 Å². The number of rotatable bonds is 5. The summed E-state index contributed by atoms with van der Waals surface area (Å²) in [6.07, 6.45) is -9.57. The fourth-order valence-corrected chi connectivity index (χ4v) is 2.83. The minimum atomic E-state index is -5.15. The minimum Gasteiger partial charge on any atom is -0.438 e. The molecule has 1 amide bonds. The molecule has 0 fully saturated rings. The topological polar surface area (TPSA) is 60.5 Å². The lowest BCUT2D eigenvalue weighted by Crippen LogP contribution is -2.18. The number of carbonyl (C=O) groups is 1. The molecule has 0 saturated carbocycles. The summed E-state index contributed by atoms with van der Waals surface area (Å²) < 4.78 is 100. The van der Waals surface area contributed by atoms with Crippen molar-refractivity contribution in [2.24, 2.45) is 0 Å². The molecule has 3 rings (SSSR count). The van der Waals surface area contributed by atoms with E-state index in [1.807, 2.05) is 0 Å². The number of pyridine rings is 1. The second-order valence-corrected chi connectivity index (χ2v) is 7.05. The van der Waals surface area contributed by atoms with Crippen LogP contribution in [0.2, 0.25) is 0 Å². The number of amides is 1. The molecule has 0 atom stereocenters. The van der Waals surface area contributed by atoms with Crippen LogP contribution in [0.3, 0.4) is 0 Å². The van der Waals surface area contributed by atoms with Crippen molar-refractivity contribution in [2.75, 3.05) is 5.32 Å². The maximum absolute atomic E-state index is 14.3. The van der Waals surface area contributed by atoms with Gasteiger partial charge in [-0.05, 0) is 49.7 Å². The Morgan fingerprint density at radius 3 is 2.26 bits per heavy atom. The van der Waals surface area contributed by atoms with Gasteiger partial charge in [0.15, 0.2) is 11.6 Å². The molecule has 0 unspecified atom stereocenters. The van der Waals surface area contributed by atoms with Gasteiger partial charge in [-0.2, -0.15) is 13.2 Å². The molecule has 5 nitrogen and oxygen atoms in total. The molecule has 0 saturated heterocycles. The summed E-state index contributed by atoms with van der Waals surface area (Å²) in [7, 11) is 0. The molecular formula is C22H15F7N2O3. The van der Waals surface area contributed by atoms with Crippen molar-refractivity contribution in [1.82, 2.24) is 4.98 Å². The number of aryl methyl sites for hydroxylation is 1. The summed E-state index contributed by atoms with van der Waals surface area (Å²) in [6, 6.07) is 8.45. The number of alkyl halides is 6. The molecule has 0 aliphatic carbocycles. The zero-order chi connectivity index (χ0) is 25.3. The highest BCUT2D eigenvalue weighted by Gasteiger charge is 2.34. The third kappa shape index (κ3) is 5.94. The highest BCUT2D eigenvalue weighted by molar-refractivity contribution is 6.06. The second kappa shape index (κ2) is 9.20. The maximum atomic E-state index is 14.3. The van der Waals surface area contributed by atoms with Crippen LogP contribution in [0.15, 0.2) is 48.7 Å². The molecule has 12 heteroatoms. The van der Waals surface area contributed by atoms with E-state index < -0.39 is 52.6 Å². The van der Waals surface area contributed by atoms with E-state index in [1.54, 1.807) is 25.1 Å². The van der Waals surface area contributed by atoms with E-state index in [0.29, 0.717) is 18.3 Å². The predicted molar refractivity (Wildman–Crippen MR) is 106 cm³/mol. The van der Waals surface area contributed by atoms with Gasteiger partial charge >= 0.3 is 12.5 Å². The average Bonchev–Trinajstić information content (AvgIpc) is 2.72. The zero-order valence-electron chi connectivity index (χ0n) is 17.4. The van der Waals surface area contributed by atoms with Crippen molar-refractivity contribution in [2.45, 2.75) is 26.4 Å². The molecule has 3 aromatic rings. The Labute approximate surface area is 188 Å². The Morgan fingerprint density at radius 1 is 0.971 bits per heavy atom. The lowest BCUT2D eigenvalue weighted by atomic mass is 10.1. The van der Waals surface area contributed by atoms with Gasteiger partial charge in [-0.15, -0.1) is 13.2 Å². The maximum Gasteiger partial charge on any atom is 0.573 e. The summed E-state index contributed by atoms with van der Waals surface area (Å²) >= 11 is 0. The van der Waals surface area contributed by atoms with E-state index in [9.17, 15) is 35.5 Å². The molecule has 0 bridgehead atoms. The number of aromatic nitrogens is 1. The van der Waals surface area contributed by atoms with Gasteiger partial charge in [0, 0.05) is 17.4 Å². The largest absolute Gasteiger partial charge is 0.573 e. The number of halogens is 7. The molecule has 0 spiro atoms. The first-order valence-corrected chi connectivity index (χ1v) is 9.42. The number of anilines is 1. The molecule has 34 heavy (non-hydrogen) atoms. The van der Waals surface area contributed by atoms with Crippen LogP contribution in [0, 0.1) is 19.7 Å². The van der Waals surface area contributed by atoms with Gasteiger partial charge in [0.05, 0.1) is 5.56 Å². The SMILES string of the molecule is Cc1cccc(NC(=O)c2cc(C(F)(F)F)cnc2Oc2ccc(OC(F)(F)F)c(F)c2C)c1. The summed E-state index contributed by atoms with van der Waals surface area (Å²) in [6.45, 7) is 2.80. The first-order chi connectivity index (χ1) is 15.7. The molecular weight excluding hydrogens is 473 g/mol. The normalized spacial score (nSPS) is 11.8. The molecule has 0 radical (unpaired) electrons. The molecule has 1 aromatic heterocycles. The smallest absolute Gasteiger partial charge is 0.438 e. The third-order valence-corrected chi connectivity index (χ3v) is 4.43. The van der Waals surface area contributed by atoms with Gasteiger partial charge < -0.3 is 14.8 Å². The number of benzene rings is 2. The fourth-order valence-electron chi connectivity index (χ4n) is 2.83. The van der Waals surface area contributed by atoms with Crippen LogP contribution in [0.1, 0.15) is 27.0 Å². The lowest BCUT2D eigenvalue weighted by molar-refractivity contribution is -0.275. The van der Waals surface area contributed by atoms with Gasteiger partial charge in [0.25, 0.3) is 5.91 Å². The van der Waals surface area contributed by atoms with Crippen molar-refractivity contribution >= 4 is 11.6 Å². The van der Waals surface area contributed by atoms with Gasteiger partial charge in [0.1, 0.15) is 11.3 Å². The first-order valence-electron chi connectivity index (χ1n) is 9.42. The zero-order valence-corrected chi connectivity index (χ0v) is 17.4. The van der Waals surface area contributed by atoms with Crippen LogP contribution < -0.4 is 14.8 Å². The highest BCUT2D eigenvalue weighted by atomic mass is 19.4. The summed E-state index contributed by atoms with van der Waals surface area (Å²) in [5.41, 5.74) is -1.28. The standard InChI is InChI=1S/C22H15F7N2O3/c1-11-4-3-5-14(8-11)31-19(32)15-9-13(21(24,25)26)10-30-20(15)33-16-6-7-17(18(23)12(16)2)34-22(27,28)29/h3-10H,1-2H3,(H,31,32). The number of hydrogen-bond acceptors (Lipinski definition) is 4. The number of carbonyl (C=O) groups excluding carboxylic acids is 1. The predicted octanol–water partition coefficient (Wildman–Crippen LogP) is 6.80. The Balaban J connectivity index is 1.99. The summed E-state index contributed by atoms with van der Waals surface area (Å²) in [4.78, 5) is 16.3. The van der Waals surface area contributed by atoms with Gasteiger partial charge in [0.2, 0.25) is 5.88 Å². The Kier molecular flexibility index (Phi) is 6.71. The van der Waals surface area contributed by atoms with Gasteiger partial charge in [-0.3, -0.25) is 4.79 Å². The molecule has 0 aliphatic rings. The van der Waals surface area contributed by atoms with Crippen LogP contribution in [-0.4, -0.2) is 17.3 Å². The van der Waals surface area contributed by atoms with Crippen LogP contribution in [-0.2, 0) is 6.18 Å². The average molecular weight is 488 g/mol. The monoisotopic (exact) mass is 488 g/mol. The number of ether oxygens (including phenoxy) is 2. The molecule has 180 valence electrons. The van der Waals surface area contributed by atoms with Gasteiger partial charge in [-0.25, -0.2) is 9.37 Å². The second-order valence-electron chi connectivity index (χ2n) is 7.05. The van der Waals surface area contributed by atoms with E-state index in [0.717, 1.165) is 18.6 Å². The van der Waals surface area contributed by atoms with Crippen molar-refractivity contribution in [3.8, 4) is 17.4 Å². The Morgan fingerprint density at radius 2 is 1.65 bits per heavy atom. The quantitative estimate of drug-likeness (QED) is 0.402. The van der Waals surface area contributed by atoms with Crippen molar-refractivity contribution in [3.63, 3.8) is 0 Å². The Hall–Kier alpha value is -3.83. The first kappa shape index (κ1) is 24.8. The van der Waals surface area contributed by atoms with E-state index in [4.69, 9.17) is 4.74 Å². The molecule has 1 heterocycles. The van der Waals surface area contributed by atoms with E-state index in [-0.39, 0.29) is 11.4 Å². The number of nitrogens with one attached hydrogen (secondary N) is 1. The highest BCUT2D eigenvalue weighted by Crippen LogP contribution is 2.36. The molecule has 1 N–H and O–H groups in total. The number of nitrogens with zero attached hydrogens (tertiary/aromatic N) is 1. The lowest BCUT2D eigenvalue weighted by Gasteiger charge is -2.16. The minimum absolute atomic E-state index is 0.282. The van der Waals surface area contributed by atoms with Crippen molar-refractivity contribution in [1.29, 1.82) is 0 Å². The van der Waals surface area contributed by atoms with Gasteiger partial charge in [-0.1, -0.05) is 12.1 Å². The van der Waals surface area contributed by atoms with Crippen LogP contribution in [0.25, 0.3) is 0 Å². The molecule has 0 aliphatic heterocycles. The Bertz CT molecular complexity index is 1220. The summed E-state index contributed by atoms with van der Waals surface area (Å²) in [5, 5.41) is 2.42. The van der Waals surface area contributed by atoms with Crippen LogP contribution in [0.4, 0.5) is 36.4 Å². The summed E-state index contributed by atoms with van der Waals surface area (Å²) in [5.74, 6) is -4.55. The molecule has 2 aromatic carbocycles. The van der Waals surface area contributed by atoms with Crippen LogP contribution >= 0.6 is 0 Å². The van der Waals surface area contributed by atoms with E-state index >= 15 is 0 Å². The van der Waals surface area contributed by atoms with Crippen LogP contribution in [0.5, 0.6) is 17.4 Å². The van der Waals surface area contributed by atoms with E-state index in [1.165, 1.54) is 6.07 Å².